The number of benzene rings is 2. The van der Waals surface area contributed by atoms with Crippen molar-refractivity contribution in [3.63, 3.8) is 0 Å². The summed E-state index contributed by atoms with van der Waals surface area (Å²) in [5.74, 6) is 0. The smallest absolute Gasteiger partial charge is 0.0702 e. The third-order valence-corrected chi connectivity index (χ3v) is 5.40. The minimum absolute atomic E-state index is 0.175. The first-order valence-corrected chi connectivity index (χ1v) is 8.29. The molecule has 102 valence electrons. The fourth-order valence-corrected chi connectivity index (χ4v) is 4.25. The van der Waals surface area contributed by atoms with Gasteiger partial charge in [0.1, 0.15) is 0 Å². The molecule has 2 aromatic carbocycles. The van der Waals surface area contributed by atoms with Crippen LogP contribution >= 0.6 is 38.9 Å². The number of thiophene rings is 1. The number of hydrogen-bond donors (Lipinski definition) is 1. The van der Waals surface area contributed by atoms with Gasteiger partial charge in [-0.25, -0.2) is 0 Å². The predicted molar refractivity (Wildman–Crippen MR) is 91.9 cm³/mol. The molecule has 0 bridgehead atoms. The van der Waals surface area contributed by atoms with E-state index in [0.717, 1.165) is 14.2 Å². The molecule has 4 heteroatoms. The molecule has 0 saturated heterocycles. The highest BCUT2D eigenvalue weighted by Crippen LogP contribution is 2.36. The summed E-state index contributed by atoms with van der Waals surface area (Å²) < 4.78 is 1.14. The van der Waals surface area contributed by atoms with E-state index in [0.29, 0.717) is 0 Å². The molecule has 3 aromatic rings. The van der Waals surface area contributed by atoms with Crippen molar-refractivity contribution in [1.29, 1.82) is 0 Å². The summed E-state index contributed by atoms with van der Waals surface area (Å²) in [6.45, 7) is 0. The van der Waals surface area contributed by atoms with Gasteiger partial charge in [-0.2, -0.15) is 0 Å². The maximum Gasteiger partial charge on any atom is 0.0702 e. The van der Waals surface area contributed by atoms with Crippen LogP contribution in [0.15, 0.2) is 52.3 Å². The van der Waals surface area contributed by atoms with Gasteiger partial charge in [0.2, 0.25) is 0 Å². The monoisotopic (exact) mass is 365 g/mol. The SMILES string of the molecule is CNC(c1ccc(Br)s1)c1ccc(Cl)c2ccccc12. The normalized spacial score (nSPS) is 12.8. The predicted octanol–water partition coefficient (Wildman–Crippen LogP) is 5.63. The van der Waals surface area contributed by atoms with Crippen LogP contribution in [-0.4, -0.2) is 7.05 Å². The Morgan fingerprint density at radius 3 is 2.45 bits per heavy atom. The van der Waals surface area contributed by atoms with Crippen LogP contribution in [0.4, 0.5) is 0 Å². The van der Waals surface area contributed by atoms with E-state index in [1.54, 1.807) is 11.3 Å². The molecule has 1 aromatic heterocycles. The average Bonchev–Trinajstić information content (AvgIpc) is 2.89. The summed E-state index contributed by atoms with van der Waals surface area (Å²) in [5, 5.41) is 6.50. The Morgan fingerprint density at radius 1 is 1.05 bits per heavy atom. The highest BCUT2D eigenvalue weighted by molar-refractivity contribution is 9.11. The van der Waals surface area contributed by atoms with Crippen molar-refractivity contribution < 1.29 is 0 Å². The zero-order valence-corrected chi connectivity index (χ0v) is 14.0. The van der Waals surface area contributed by atoms with Crippen LogP contribution in [0.5, 0.6) is 0 Å². The van der Waals surface area contributed by atoms with E-state index in [1.165, 1.54) is 15.8 Å². The van der Waals surface area contributed by atoms with Gasteiger partial charge in [0.25, 0.3) is 0 Å². The lowest BCUT2D eigenvalue weighted by Crippen LogP contribution is -2.16. The maximum atomic E-state index is 6.30. The molecule has 0 saturated carbocycles. The lowest BCUT2D eigenvalue weighted by molar-refractivity contribution is 0.709. The molecule has 1 heterocycles. The second kappa shape index (κ2) is 5.86. The Morgan fingerprint density at radius 2 is 1.80 bits per heavy atom. The van der Waals surface area contributed by atoms with Crippen LogP contribution in [0.1, 0.15) is 16.5 Å². The van der Waals surface area contributed by atoms with Crippen LogP contribution in [0.3, 0.4) is 0 Å². The molecular weight excluding hydrogens is 354 g/mol. The average molecular weight is 367 g/mol. The van der Waals surface area contributed by atoms with E-state index in [-0.39, 0.29) is 6.04 Å². The van der Waals surface area contributed by atoms with Gasteiger partial charge in [-0.15, -0.1) is 11.3 Å². The molecule has 20 heavy (non-hydrogen) atoms. The van der Waals surface area contributed by atoms with E-state index < -0.39 is 0 Å². The van der Waals surface area contributed by atoms with Crippen molar-refractivity contribution in [2.75, 3.05) is 7.05 Å². The molecule has 3 rings (SSSR count). The molecule has 0 aliphatic rings. The summed E-state index contributed by atoms with van der Waals surface area (Å²) >= 11 is 11.6. The maximum absolute atomic E-state index is 6.30. The van der Waals surface area contributed by atoms with Gasteiger partial charge in [-0.05, 0) is 52.1 Å². The third kappa shape index (κ3) is 2.51. The summed E-state index contributed by atoms with van der Waals surface area (Å²) in [5.41, 5.74) is 1.25. The lowest BCUT2D eigenvalue weighted by Gasteiger charge is -2.18. The standard InChI is InChI=1S/C16H13BrClNS/c1-19-16(14-8-9-15(17)20-14)12-6-7-13(18)11-5-3-2-4-10(11)12/h2-9,16,19H,1H3. The molecular formula is C16H13BrClNS. The van der Waals surface area contributed by atoms with Gasteiger partial charge in [0.15, 0.2) is 0 Å². The largest absolute Gasteiger partial charge is 0.309 e. The zero-order valence-electron chi connectivity index (χ0n) is 10.9. The van der Waals surface area contributed by atoms with Gasteiger partial charge in [-0.1, -0.05) is 41.9 Å². The third-order valence-electron chi connectivity index (χ3n) is 3.38. The van der Waals surface area contributed by atoms with Crippen LogP contribution in [0, 0.1) is 0 Å². The second-order valence-corrected chi connectivity index (χ2v) is 7.45. The van der Waals surface area contributed by atoms with E-state index in [1.807, 2.05) is 19.2 Å². The topological polar surface area (TPSA) is 12.0 Å². The lowest BCUT2D eigenvalue weighted by atomic mass is 9.98. The van der Waals surface area contributed by atoms with Gasteiger partial charge in [0, 0.05) is 15.3 Å². The molecule has 1 atom stereocenters. The first-order chi connectivity index (χ1) is 9.70. The minimum Gasteiger partial charge on any atom is -0.309 e. The van der Waals surface area contributed by atoms with Crippen molar-refractivity contribution in [3.8, 4) is 0 Å². The number of fused-ring (bicyclic) bond motifs is 1. The number of hydrogen-bond acceptors (Lipinski definition) is 2. The van der Waals surface area contributed by atoms with Crippen molar-refractivity contribution in [1.82, 2.24) is 5.32 Å². The quantitative estimate of drug-likeness (QED) is 0.634. The molecule has 0 amide bonds. The summed E-state index contributed by atoms with van der Waals surface area (Å²) in [4.78, 5) is 1.28. The van der Waals surface area contributed by atoms with Crippen LogP contribution < -0.4 is 5.32 Å². The summed E-state index contributed by atoms with van der Waals surface area (Å²) in [6.07, 6.45) is 0. The Hall–Kier alpha value is -0.870. The van der Waals surface area contributed by atoms with Crippen molar-refractivity contribution in [2.45, 2.75) is 6.04 Å². The van der Waals surface area contributed by atoms with Crippen molar-refractivity contribution in [2.24, 2.45) is 0 Å². The van der Waals surface area contributed by atoms with Crippen LogP contribution in [-0.2, 0) is 0 Å². The molecule has 1 N–H and O–H groups in total. The van der Waals surface area contributed by atoms with E-state index in [9.17, 15) is 0 Å². The summed E-state index contributed by atoms with van der Waals surface area (Å²) in [7, 11) is 1.99. The van der Waals surface area contributed by atoms with Crippen LogP contribution in [0.25, 0.3) is 10.8 Å². The Balaban J connectivity index is 2.20. The number of nitrogens with one attached hydrogen (secondary N) is 1. The molecule has 1 nitrogen and oxygen atoms in total. The first kappa shape index (κ1) is 14.1. The van der Waals surface area contributed by atoms with E-state index in [2.05, 4.69) is 57.6 Å². The molecule has 0 spiro atoms. The Labute approximate surface area is 135 Å². The van der Waals surface area contributed by atoms with E-state index >= 15 is 0 Å². The summed E-state index contributed by atoms with van der Waals surface area (Å²) in [6, 6.07) is 16.8. The van der Waals surface area contributed by atoms with E-state index in [4.69, 9.17) is 11.6 Å². The van der Waals surface area contributed by atoms with Crippen LogP contribution in [0.2, 0.25) is 5.02 Å². The fraction of sp³-hybridized carbons (Fsp3) is 0.125. The molecule has 0 fully saturated rings. The van der Waals surface area contributed by atoms with Gasteiger partial charge >= 0.3 is 0 Å². The minimum atomic E-state index is 0.175. The van der Waals surface area contributed by atoms with Crippen molar-refractivity contribution in [3.05, 3.63) is 67.8 Å². The van der Waals surface area contributed by atoms with Gasteiger partial charge < -0.3 is 5.32 Å². The van der Waals surface area contributed by atoms with Gasteiger partial charge in [-0.3, -0.25) is 0 Å². The van der Waals surface area contributed by atoms with Gasteiger partial charge in [0.05, 0.1) is 9.83 Å². The molecule has 0 aliphatic heterocycles. The second-order valence-electron chi connectivity index (χ2n) is 4.55. The Bertz CT molecular complexity index is 753. The highest BCUT2D eigenvalue weighted by Gasteiger charge is 2.17. The number of rotatable bonds is 3. The molecule has 0 aliphatic carbocycles. The first-order valence-electron chi connectivity index (χ1n) is 6.30. The fourth-order valence-electron chi connectivity index (χ4n) is 2.47. The highest BCUT2D eigenvalue weighted by atomic mass is 79.9. The molecule has 0 radical (unpaired) electrons. The zero-order chi connectivity index (χ0) is 14.1. The molecule has 1 unspecified atom stereocenters. The van der Waals surface area contributed by atoms with Crippen molar-refractivity contribution >= 4 is 49.6 Å². The number of halogens is 2. The Kier molecular flexibility index (Phi) is 4.13.